The van der Waals surface area contributed by atoms with Crippen molar-refractivity contribution in [3.63, 3.8) is 0 Å². The van der Waals surface area contributed by atoms with Gasteiger partial charge in [-0.3, -0.25) is 9.55 Å². The van der Waals surface area contributed by atoms with Crippen molar-refractivity contribution in [3.05, 3.63) is 66.9 Å². The van der Waals surface area contributed by atoms with Crippen LogP contribution in [0.15, 0.2) is 66.9 Å². The van der Waals surface area contributed by atoms with Gasteiger partial charge in [0.2, 0.25) is 6.79 Å². The summed E-state index contributed by atoms with van der Waals surface area (Å²) in [4.78, 5) is 9.24. The molecule has 1 aliphatic rings. The van der Waals surface area contributed by atoms with Crippen molar-refractivity contribution in [3.8, 4) is 28.7 Å². The summed E-state index contributed by atoms with van der Waals surface area (Å²) in [6, 6.07) is 19.8. The van der Waals surface area contributed by atoms with Crippen LogP contribution < -0.4 is 9.47 Å². The van der Waals surface area contributed by atoms with Gasteiger partial charge < -0.3 is 9.47 Å². The van der Waals surface area contributed by atoms with Crippen molar-refractivity contribution >= 4 is 11.0 Å². The van der Waals surface area contributed by atoms with E-state index in [2.05, 4.69) is 15.6 Å². The molecule has 4 aromatic rings. The Hall–Kier alpha value is -3.34. The fourth-order valence-corrected chi connectivity index (χ4v) is 2.98. The second-order valence-electron chi connectivity index (χ2n) is 5.51. The third kappa shape index (κ3) is 1.95. The molecule has 0 unspecified atom stereocenters. The average Bonchev–Trinajstić information content (AvgIpc) is 3.26. The predicted molar refractivity (Wildman–Crippen MR) is 90.4 cm³/mol. The van der Waals surface area contributed by atoms with E-state index in [0.29, 0.717) is 0 Å². The molecule has 2 aromatic heterocycles. The number of para-hydroxylation sites is 2. The number of hydrogen-bond acceptors (Lipinski definition) is 4. The Morgan fingerprint density at radius 1 is 0.875 bits per heavy atom. The molecule has 24 heavy (non-hydrogen) atoms. The number of hydrogen-bond donors (Lipinski definition) is 0. The highest BCUT2D eigenvalue weighted by Gasteiger charge is 2.18. The first-order chi connectivity index (χ1) is 11.9. The summed E-state index contributed by atoms with van der Waals surface area (Å²) in [6.07, 6.45) is 1.78. The zero-order chi connectivity index (χ0) is 15.9. The van der Waals surface area contributed by atoms with E-state index in [-0.39, 0.29) is 6.79 Å². The number of imidazole rings is 1. The minimum absolute atomic E-state index is 0.260. The van der Waals surface area contributed by atoms with Crippen LogP contribution in [-0.4, -0.2) is 21.3 Å². The van der Waals surface area contributed by atoms with Crippen LogP contribution in [0.5, 0.6) is 11.5 Å². The van der Waals surface area contributed by atoms with Crippen LogP contribution in [0.2, 0.25) is 0 Å². The number of fused-ring (bicyclic) bond motifs is 2. The summed E-state index contributed by atoms with van der Waals surface area (Å²) < 4.78 is 13.0. The van der Waals surface area contributed by atoms with Crippen LogP contribution in [0.3, 0.4) is 0 Å². The molecular formula is C19H13N3O2. The average molecular weight is 315 g/mol. The lowest BCUT2D eigenvalue weighted by atomic mass is 10.2. The van der Waals surface area contributed by atoms with Crippen LogP contribution in [0, 0.1) is 0 Å². The number of ether oxygens (including phenoxy) is 2. The maximum Gasteiger partial charge on any atom is 0.231 e. The lowest BCUT2D eigenvalue weighted by Crippen LogP contribution is -1.98. The van der Waals surface area contributed by atoms with Gasteiger partial charge in [-0.25, -0.2) is 4.98 Å². The van der Waals surface area contributed by atoms with Crippen molar-refractivity contribution in [1.82, 2.24) is 14.5 Å². The molecule has 0 bridgehead atoms. The summed E-state index contributed by atoms with van der Waals surface area (Å²) in [5.41, 5.74) is 3.74. The molecule has 0 aliphatic carbocycles. The summed E-state index contributed by atoms with van der Waals surface area (Å²) in [5, 5.41) is 0. The van der Waals surface area contributed by atoms with E-state index in [0.717, 1.165) is 39.7 Å². The van der Waals surface area contributed by atoms with E-state index in [1.807, 2.05) is 54.6 Å². The Kier molecular flexibility index (Phi) is 2.79. The minimum atomic E-state index is 0.260. The molecule has 5 rings (SSSR count). The second kappa shape index (κ2) is 5.09. The number of aromatic nitrogens is 3. The molecule has 2 aromatic carbocycles. The molecule has 0 amide bonds. The van der Waals surface area contributed by atoms with Crippen molar-refractivity contribution in [2.45, 2.75) is 0 Å². The summed E-state index contributed by atoms with van der Waals surface area (Å²) in [6.45, 7) is 0.260. The fraction of sp³-hybridized carbons (Fsp3) is 0.0526. The van der Waals surface area contributed by atoms with Gasteiger partial charge in [0, 0.05) is 12.3 Å². The lowest BCUT2D eigenvalue weighted by Gasteiger charge is -2.09. The lowest BCUT2D eigenvalue weighted by molar-refractivity contribution is 0.174. The maximum atomic E-state index is 5.52. The van der Waals surface area contributed by atoms with Crippen LogP contribution in [0.4, 0.5) is 0 Å². The van der Waals surface area contributed by atoms with E-state index in [4.69, 9.17) is 14.5 Å². The molecule has 0 N–H and O–H groups in total. The number of benzene rings is 2. The van der Waals surface area contributed by atoms with E-state index in [9.17, 15) is 0 Å². The summed E-state index contributed by atoms with van der Waals surface area (Å²) in [5.74, 6) is 2.32. The molecular weight excluding hydrogens is 302 g/mol. The van der Waals surface area contributed by atoms with E-state index in [1.54, 1.807) is 6.20 Å². The molecule has 0 saturated carbocycles. The Bertz CT molecular complexity index is 1040. The van der Waals surface area contributed by atoms with Crippen molar-refractivity contribution < 1.29 is 9.47 Å². The molecule has 0 atom stereocenters. The predicted octanol–water partition coefficient (Wildman–Crippen LogP) is 3.82. The van der Waals surface area contributed by atoms with Crippen molar-refractivity contribution in [2.24, 2.45) is 0 Å². The molecule has 0 spiro atoms. The molecule has 5 heteroatoms. The topological polar surface area (TPSA) is 49.2 Å². The van der Waals surface area contributed by atoms with Gasteiger partial charge in [0.15, 0.2) is 17.3 Å². The monoisotopic (exact) mass is 315 g/mol. The smallest absolute Gasteiger partial charge is 0.231 e. The molecule has 3 heterocycles. The maximum absolute atomic E-state index is 5.52. The first kappa shape index (κ1) is 13.1. The van der Waals surface area contributed by atoms with Gasteiger partial charge in [-0.1, -0.05) is 18.2 Å². The fourth-order valence-electron chi connectivity index (χ4n) is 2.98. The van der Waals surface area contributed by atoms with Gasteiger partial charge in [0.05, 0.1) is 16.7 Å². The van der Waals surface area contributed by atoms with Gasteiger partial charge >= 0.3 is 0 Å². The Balaban J connectivity index is 1.80. The van der Waals surface area contributed by atoms with Gasteiger partial charge in [0.1, 0.15) is 5.69 Å². The molecule has 5 nitrogen and oxygen atoms in total. The molecule has 116 valence electrons. The van der Waals surface area contributed by atoms with E-state index in [1.165, 1.54) is 0 Å². The number of pyridine rings is 1. The zero-order valence-corrected chi connectivity index (χ0v) is 12.7. The molecule has 0 radical (unpaired) electrons. The van der Waals surface area contributed by atoms with Crippen LogP contribution in [0.1, 0.15) is 0 Å². The van der Waals surface area contributed by atoms with Gasteiger partial charge in [0.25, 0.3) is 0 Å². The zero-order valence-electron chi connectivity index (χ0n) is 12.7. The van der Waals surface area contributed by atoms with Crippen LogP contribution >= 0.6 is 0 Å². The van der Waals surface area contributed by atoms with Crippen molar-refractivity contribution in [2.75, 3.05) is 6.79 Å². The standard InChI is InChI=1S/C19H13N3O2/c1-2-7-16-14(5-1)21-19(15-6-3-4-10-20-15)22(16)13-8-9-17-18(11-13)24-12-23-17/h1-11H,12H2. The largest absolute Gasteiger partial charge is 0.454 e. The highest BCUT2D eigenvalue weighted by atomic mass is 16.7. The van der Waals surface area contributed by atoms with E-state index < -0.39 is 0 Å². The first-order valence-corrected chi connectivity index (χ1v) is 7.69. The third-order valence-corrected chi connectivity index (χ3v) is 4.07. The molecule has 1 aliphatic heterocycles. The first-order valence-electron chi connectivity index (χ1n) is 7.69. The Morgan fingerprint density at radius 2 is 1.75 bits per heavy atom. The van der Waals surface area contributed by atoms with Gasteiger partial charge in [-0.05, 0) is 36.4 Å². The van der Waals surface area contributed by atoms with Crippen molar-refractivity contribution in [1.29, 1.82) is 0 Å². The number of nitrogens with zero attached hydrogens (tertiary/aromatic N) is 3. The second-order valence-corrected chi connectivity index (χ2v) is 5.51. The number of rotatable bonds is 2. The van der Waals surface area contributed by atoms with E-state index >= 15 is 0 Å². The summed E-state index contributed by atoms with van der Waals surface area (Å²) >= 11 is 0. The van der Waals surface area contributed by atoms with Gasteiger partial charge in [-0.15, -0.1) is 0 Å². The Labute approximate surface area is 138 Å². The van der Waals surface area contributed by atoms with Crippen LogP contribution in [0.25, 0.3) is 28.2 Å². The highest BCUT2D eigenvalue weighted by Crippen LogP contribution is 2.36. The molecule has 0 fully saturated rings. The third-order valence-electron chi connectivity index (χ3n) is 4.07. The Morgan fingerprint density at radius 3 is 2.67 bits per heavy atom. The SMILES string of the molecule is c1ccc(-c2nc3ccccc3n2-c2ccc3c(c2)OCO3)nc1. The molecule has 0 saturated heterocycles. The highest BCUT2D eigenvalue weighted by molar-refractivity contribution is 5.82. The quantitative estimate of drug-likeness (QED) is 0.564. The van der Waals surface area contributed by atoms with Gasteiger partial charge in [-0.2, -0.15) is 0 Å². The summed E-state index contributed by atoms with van der Waals surface area (Å²) in [7, 11) is 0. The van der Waals surface area contributed by atoms with Crippen LogP contribution in [-0.2, 0) is 0 Å². The minimum Gasteiger partial charge on any atom is -0.454 e. The normalized spacial score (nSPS) is 12.7.